The third kappa shape index (κ3) is 3.57. The average Bonchev–Trinajstić information content (AvgIpc) is 2.35. The summed E-state index contributed by atoms with van der Waals surface area (Å²) < 4.78 is 12.9. The molecule has 0 heterocycles. The van der Waals surface area contributed by atoms with Crippen molar-refractivity contribution >= 4 is 29.5 Å². The van der Waals surface area contributed by atoms with Gasteiger partial charge in [0.25, 0.3) is 0 Å². The van der Waals surface area contributed by atoms with Crippen molar-refractivity contribution in [1.29, 1.82) is 0 Å². The van der Waals surface area contributed by atoms with Crippen molar-refractivity contribution in [3.8, 4) is 0 Å². The zero-order chi connectivity index (χ0) is 13.6. The number of halogens is 1. The molecule has 0 radical (unpaired) electrons. The van der Waals surface area contributed by atoms with Crippen molar-refractivity contribution in [2.75, 3.05) is 21.3 Å². The lowest BCUT2D eigenvalue weighted by molar-refractivity contribution is -0.173. The van der Waals surface area contributed by atoms with Crippen molar-refractivity contribution in [2.24, 2.45) is 0 Å². The number of aliphatic hydroxyl groups is 1. The van der Waals surface area contributed by atoms with Gasteiger partial charge in [-0.1, -0.05) is 0 Å². The van der Waals surface area contributed by atoms with Crippen LogP contribution in [0.15, 0.2) is 0 Å². The Kier molecular flexibility index (Phi) is 5.90. The number of rotatable bonds is 5. The van der Waals surface area contributed by atoms with Crippen LogP contribution in [0.1, 0.15) is 6.42 Å². The van der Waals surface area contributed by atoms with E-state index < -0.39 is 35.3 Å². The number of esters is 3. The molecule has 2 atom stereocenters. The molecule has 7 nitrogen and oxygen atoms in total. The molecule has 0 rings (SSSR count). The fourth-order valence-corrected chi connectivity index (χ4v) is 1.29. The van der Waals surface area contributed by atoms with Crippen LogP contribution in [0.25, 0.3) is 0 Å². The van der Waals surface area contributed by atoms with Crippen LogP contribution in [0.4, 0.5) is 0 Å². The Labute approximate surface area is 103 Å². The number of hydrogen-bond donors (Lipinski definition) is 1. The molecule has 8 heteroatoms. The second-order valence-electron chi connectivity index (χ2n) is 3.05. The Balaban J connectivity index is 5.16. The molecule has 0 aliphatic rings. The van der Waals surface area contributed by atoms with E-state index in [1.165, 1.54) is 0 Å². The number of carbonyl (C=O) groups excluding carboxylic acids is 3. The Bertz CT molecular complexity index is 316. The van der Waals surface area contributed by atoms with Crippen LogP contribution in [-0.2, 0) is 28.6 Å². The number of alkyl halides is 1. The fourth-order valence-electron chi connectivity index (χ4n) is 1.03. The molecule has 0 spiro atoms. The standard InChI is InChI=1S/C9H13ClO7/c1-15-5(11)4-9(14,8(13)17-3)6(10)7(12)16-2/h6,14H,4H2,1-3H3. The summed E-state index contributed by atoms with van der Waals surface area (Å²) in [5, 5.41) is 8.16. The van der Waals surface area contributed by atoms with Crippen LogP contribution in [0, 0.1) is 0 Å². The zero-order valence-corrected chi connectivity index (χ0v) is 10.3. The summed E-state index contributed by atoms with van der Waals surface area (Å²) in [6.45, 7) is 0. The monoisotopic (exact) mass is 268 g/mol. The van der Waals surface area contributed by atoms with Gasteiger partial charge in [-0.3, -0.25) is 9.59 Å². The van der Waals surface area contributed by atoms with Gasteiger partial charge in [0.05, 0.1) is 27.8 Å². The van der Waals surface area contributed by atoms with Gasteiger partial charge in [0.15, 0.2) is 11.0 Å². The molecule has 0 amide bonds. The van der Waals surface area contributed by atoms with Gasteiger partial charge >= 0.3 is 17.9 Å². The van der Waals surface area contributed by atoms with Crippen LogP contribution < -0.4 is 0 Å². The fraction of sp³-hybridized carbons (Fsp3) is 0.667. The second kappa shape index (κ2) is 6.41. The van der Waals surface area contributed by atoms with E-state index in [0.29, 0.717) is 0 Å². The van der Waals surface area contributed by atoms with Gasteiger partial charge in [-0.2, -0.15) is 0 Å². The highest BCUT2D eigenvalue weighted by molar-refractivity contribution is 6.32. The lowest BCUT2D eigenvalue weighted by Crippen LogP contribution is -2.53. The molecule has 0 aliphatic carbocycles. The molecule has 98 valence electrons. The van der Waals surface area contributed by atoms with E-state index in [4.69, 9.17) is 11.6 Å². The third-order valence-corrected chi connectivity index (χ3v) is 2.55. The van der Waals surface area contributed by atoms with Gasteiger partial charge in [0.2, 0.25) is 0 Å². The summed E-state index contributed by atoms with van der Waals surface area (Å²) in [5.74, 6) is -3.22. The summed E-state index contributed by atoms with van der Waals surface area (Å²) in [5.41, 5.74) is -2.53. The van der Waals surface area contributed by atoms with Crippen LogP contribution in [0.2, 0.25) is 0 Å². The number of carbonyl (C=O) groups is 3. The second-order valence-corrected chi connectivity index (χ2v) is 3.49. The SMILES string of the molecule is COC(=O)CC(O)(C(=O)OC)C(Cl)C(=O)OC. The Morgan fingerprint density at radius 2 is 1.71 bits per heavy atom. The molecule has 2 unspecified atom stereocenters. The lowest BCUT2D eigenvalue weighted by Gasteiger charge is -2.26. The summed E-state index contributed by atoms with van der Waals surface area (Å²) in [7, 11) is 3.06. The van der Waals surface area contributed by atoms with Crippen molar-refractivity contribution in [2.45, 2.75) is 17.4 Å². The van der Waals surface area contributed by atoms with Crippen LogP contribution >= 0.6 is 11.6 Å². The van der Waals surface area contributed by atoms with Gasteiger partial charge < -0.3 is 19.3 Å². The Hall–Kier alpha value is -1.34. The molecule has 0 saturated heterocycles. The molecule has 0 saturated carbocycles. The predicted octanol–water partition coefficient (Wildman–Crippen LogP) is -0.766. The highest BCUT2D eigenvalue weighted by Gasteiger charge is 2.50. The molecule has 0 fully saturated rings. The van der Waals surface area contributed by atoms with E-state index in [1.807, 2.05) is 0 Å². The normalized spacial score (nSPS) is 15.4. The topological polar surface area (TPSA) is 99.1 Å². The first kappa shape index (κ1) is 15.7. The van der Waals surface area contributed by atoms with Gasteiger partial charge in [-0.15, -0.1) is 11.6 Å². The Morgan fingerprint density at radius 3 is 2.06 bits per heavy atom. The molecular formula is C9H13ClO7. The van der Waals surface area contributed by atoms with Gasteiger partial charge in [0, 0.05) is 0 Å². The summed E-state index contributed by atoms with van der Waals surface area (Å²) in [6.07, 6.45) is -0.820. The summed E-state index contributed by atoms with van der Waals surface area (Å²) >= 11 is 5.58. The molecule has 17 heavy (non-hydrogen) atoms. The van der Waals surface area contributed by atoms with E-state index in [-0.39, 0.29) is 0 Å². The highest BCUT2D eigenvalue weighted by Crippen LogP contribution is 2.24. The van der Waals surface area contributed by atoms with Crippen molar-refractivity contribution < 1.29 is 33.7 Å². The van der Waals surface area contributed by atoms with Crippen LogP contribution in [-0.4, -0.2) is 55.3 Å². The number of methoxy groups -OCH3 is 3. The number of ether oxygens (including phenoxy) is 3. The van der Waals surface area contributed by atoms with Crippen molar-refractivity contribution in [3.63, 3.8) is 0 Å². The maximum atomic E-state index is 11.4. The van der Waals surface area contributed by atoms with Gasteiger partial charge in [-0.05, 0) is 0 Å². The van der Waals surface area contributed by atoms with E-state index in [9.17, 15) is 19.5 Å². The largest absolute Gasteiger partial charge is 0.469 e. The minimum Gasteiger partial charge on any atom is -0.469 e. The average molecular weight is 269 g/mol. The minimum atomic E-state index is -2.53. The minimum absolute atomic E-state index is 0.820. The van der Waals surface area contributed by atoms with Crippen LogP contribution in [0.3, 0.4) is 0 Å². The molecular weight excluding hydrogens is 256 g/mol. The smallest absolute Gasteiger partial charge is 0.340 e. The van der Waals surface area contributed by atoms with E-state index in [0.717, 1.165) is 21.3 Å². The Morgan fingerprint density at radius 1 is 1.18 bits per heavy atom. The van der Waals surface area contributed by atoms with E-state index >= 15 is 0 Å². The quantitative estimate of drug-likeness (QED) is 0.397. The lowest BCUT2D eigenvalue weighted by atomic mass is 9.95. The van der Waals surface area contributed by atoms with Crippen molar-refractivity contribution in [1.82, 2.24) is 0 Å². The maximum Gasteiger partial charge on any atom is 0.340 e. The van der Waals surface area contributed by atoms with Crippen molar-refractivity contribution in [3.05, 3.63) is 0 Å². The maximum absolute atomic E-state index is 11.4. The van der Waals surface area contributed by atoms with Gasteiger partial charge in [0.1, 0.15) is 0 Å². The molecule has 0 aromatic carbocycles. The molecule has 0 aromatic heterocycles. The van der Waals surface area contributed by atoms with Gasteiger partial charge in [-0.25, -0.2) is 4.79 Å². The highest BCUT2D eigenvalue weighted by atomic mass is 35.5. The molecule has 0 bridgehead atoms. The molecule has 0 aromatic rings. The van der Waals surface area contributed by atoms with Crippen LogP contribution in [0.5, 0.6) is 0 Å². The number of hydrogen-bond acceptors (Lipinski definition) is 7. The summed E-state index contributed by atoms with van der Waals surface area (Å²) in [6, 6.07) is 0. The third-order valence-electron chi connectivity index (χ3n) is 2.01. The first-order chi connectivity index (χ1) is 7.83. The first-order valence-corrected chi connectivity index (χ1v) is 4.86. The van der Waals surface area contributed by atoms with E-state index in [1.54, 1.807) is 0 Å². The zero-order valence-electron chi connectivity index (χ0n) is 9.56. The first-order valence-electron chi connectivity index (χ1n) is 4.43. The molecule has 1 N–H and O–H groups in total. The predicted molar refractivity (Wildman–Crippen MR) is 55.3 cm³/mol. The van der Waals surface area contributed by atoms with E-state index in [2.05, 4.69) is 14.2 Å². The molecule has 0 aliphatic heterocycles. The summed E-state index contributed by atoms with van der Waals surface area (Å²) in [4.78, 5) is 33.6.